The molecule has 0 radical (unpaired) electrons. The van der Waals surface area contributed by atoms with E-state index in [1.807, 2.05) is 0 Å². The van der Waals surface area contributed by atoms with E-state index in [0.717, 1.165) is 4.47 Å². The Bertz CT molecular complexity index is 310. The number of hydrogen-bond acceptors (Lipinski definition) is 2. The van der Waals surface area contributed by atoms with Gasteiger partial charge in [0.05, 0.1) is 5.69 Å². The van der Waals surface area contributed by atoms with Gasteiger partial charge in [-0.3, -0.25) is 4.98 Å². The molecular formula is C9H10BrF3N2. The molecule has 2 nitrogen and oxygen atoms in total. The Morgan fingerprint density at radius 3 is 2.53 bits per heavy atom. The molecule has 1 heterocycles. The van der Waals surface area contributed by atoms with Gasteiger partial charge < -0.3 is 5.73 Å². The predicted molar refractivity (Wildman–Crippen MR) is 54.2 cm³/mol. The van der Waals surface area contributed by atoms with Crippen LogP contribution in [0.2, 0.25) is 0 Å². The predicted octanol–water partition coefficient (Wildman–Crippen LogP) is 3.19. The third-order valence-electron chi connectivity index (χ3n) is 1.87. The van der Waals surface area contributed by atoms with Crippen LogP contribution in [0.1, 0.15) is 24.6 Å². The van der Waals surface area contributed by atoms with Gasteiger partial charge in [-0.2, -0.15) is 13.2 Å². The molecule has 15 heavy (non-hydrogen) atoms. The third kappa shape index (κ3) is 4.61. The van der Waals surface area contributed by atoms with Crippen molar-refractivity contribution in [2.24, 2.45) is 5.73 Å². The molecule has 1 aromatic rings. The van der Waals surface area contributed by atoms with Gasteiger partial charge in [0.1, 0.15) is 0 Å². The average molecular weight is 283 g/mol. The van der Waals surface area contributed by atoms with Crippen molar-refractivity contribution < 1.29 is 13.2 Å². The first-order valence-electron chi connectivity index (χ1n) is 4.32. The van der Waals surface area contributed by atoms with E-state index in [-0.39, 0.29) is 6.42 Å². The Morgan fingerprint density at radius 1 is 1.40 bits per heavy atom. The summed E-state index contributed by atoms with van der Waals surface area (Å²) in [6.07, 6.45) is -3.67. The van der Waals surface area contributed by atoms with Crippen LogP contribution in [0.5, 0.6) is 0 Å². The molecule has 0 saturated heterocycles. The number of hydrogen-bond donors (Lipinski definition) is 1. The molecule has 1 atom stereocenters. The summed E-state index contributed by atoms with van der Waals surface area (Å²) in [5.74, 6) is 0. The minimum Gasteiger partial charge on any atom is -0.323 e. The molecule has 1 aromatic heterocycles. The number of pyridine rings is 1. The topological polar surface area (TPSA) is 38.9 Å². The van der Waals surface area contributed by atoms with Crippen LogP contribution in [-0.2, 0) is 0 Å². The van der Waals surface area contributed by atoms with E-state index in [1.54, 1.807) is 12.1 Å². The largest absolute Gasteiger partial charge is 0.389 e. The van der Waals surface area contributed by atoms with Crippen molar-refractivity contribution in [2.45, 2.75) is 25.1 Å². The molecule has 0 aromatic carbocycles. The standard InChI is InChI=1S/C9H10BrF3N2/c10-6-1-2-8(15-5-6)7(14)3-4-9(11,12)13/h1-2,5,7H,3-4,14H2. The van der Waals surface area contributed by atoms with Gasteiger partial charge in [0.25, 0.3) is 0 Å². The molecule has 84 valence electrons. The Labute approximate surface area is 93.8 Å². The summed E-state index contributed by atoms with van der Waals surface area (Å²) >= 11 is 3.18. The van der Waals surface area contributed by atoms with Crippen molar-refractivity contribution in [2.75, 3.05) is 0 Å². The highest BCUT2D eigenvalue weighted by atomic mass is 79.9. The molecule has 0 aliphatic carbocycles. The molecule has 1 rings (SSSR count). The quantitative estimate of drug-likeness (QED) is 0.925. The molecule has 0 saturated carbocycles. The van der Waals surface area contributed by atoms with E-state index in [2.05, 4.69) is 20.9 Å². The fraction of sp³-hybridized carbons (Fsp3) is 0.444. The molecule has 0 amide bonds. The molecule has 6 heteroatoms. The summed E-state index contributed by atoms with van der Waals surface area (Å²) in [5, 5.41) is 0. The zero-order chi connectivity index (χ0) is 11.5. The molecular weight excluding hydrogens is 273 g/mol. The molecule has 2 N–H and O–H groups in total. The smallest absolute Gasteiger partial charge is 0.323 e. The summed E-state index contributed by atoms with van der Waals surface area (Å²) in [4.78, 5) is 3.94. The SMILES string of the molecule is NC(CCC(F)(F)F)c1ccc(Br)cn1. The highest BCUT2D eigenvalue weighted by Crippen LogP contribution is 2.25. The van der Waals surface area contributed by atoms with E-state index in [1.165, 1.54) is 6.20 Å². The minimum absolute atomic E-state index is 0.141. The lowest BCUT2D eigenvalue weighted by atomic mass is 10.1. The van der Waals surface area contributed by atoms with Gasteiger partial charge in [-0.1, -0.05) is 0 Å². The second kappa shape index (κ2) is 4.94. The average Bonchev–Trinajstić information content (AvgIpc) is 2.14. The minimum atomic E-state index is -4.16. The van der Waals surface area contributed by atoms with Gasteiger partial charge in [0.15, 0.2) is 0 Å². The van der Waals surface area contributed by atoms with E-state index in [4.69, 9.17) is 5.73 Å². The summed E-state index contributed by atoms with van der Waals surface area (Å²) in [6, 6.07) is 2.65. The van der Waals surface area contributed by atoms with E-state index in [0.29, 0.717) is 5.69 Å². The number of alkyl halides is 3. The van der Waals surface area contributed by atoms with Crippen LogP contribution in [0.15, 0.2) is 22.8 Å². The van der Waals surface area contributed by atoms with Crippen molar-refractivity contribution in [3.63, 3.8) is 0 Å². The number of aromatic nitrogens is 1. The third-order valence-corrected chi connectivity index (χ3v) is 2.34. The first-order chi connectivity index (χ1) is 6.88. The lowest BCUT2D eigenvalue weighted by Gasteiger charge is -2.12. The lowest BCUT2D eigenvalue weighted by Crippen LogP contribution is -2.16. The van der Waals surface area contributed by atoms with Crippen LogP contribution < -0.4 is 5.73 Å². The second-order valence-electron chi connectivity index (χ2n) is 3.16. The van der Waals surface area contributed by atoms with Gasteiger partial charge in [-0.05, 0) is 34.5 Å². The van der Waals surface area contributed by atoms with Crippen molar-refractivity contribution in [1.82, 2.24) is 4.98 Å². The molecule has 0 fully saturated rings. The van der Waals surface area contributed by atoms with Crippen molar-refractivity contribution in [3.05, 3.63) is 28.5 Å². The van der Waals surface area contributed by atoms with Gasteiger partial charge in [0, 0.05) is 23.1 Å². The first-order valence-corrected chi connectivity index (χ1v) is 5.11. The molecule has 1 unspecified atom stereocenters. The van der Waals surface area contributed by atoms with Gasteiger partial charge in [0.2, 0.25) is 0 Å². The normalized spacial score (nSPS) is 13.9. The maximum atomic E-state index is 11.9. The molecule has 0 aliphatic heterocycles. The number of nitrogens with zero attached hydrogens (tertiary/aromatic N) is 1. The van der Waals surface area contributed by atoms with Crippen molar-refractivity contribution in [3.8, 4) is 0 Å². The highest BCUT2D eigenvalue weighted by molar-refractivity contribution is 9.10. The van der Waals surface area contributed by atoms with Crippen LogP contribution in [0.4, 0.5) is 13.2 Å². The number of nitrogens with two attached hydrogens (primary N) is 1. The maximum absolute atomic E-state index is 11.9. The summed E-state index contributed by atoms with van der Waals surface area (Å²) in [6.45, 7) is 0. The Morgan fingerprint density at radius 2 is 2.07 bits per heavy atom. The Kier molecular flexibility index (Phi) is 4.10. The van der Waals surface area contributed by atoms with E-state index >= 15 is 0 Å². The van der Waals surface area contributed by atoms with Gasteiger partial charge in [-0.15, -0.1) is 0 Å². The molecule has 0 bridgehead atoms. The van der Waals surface area contributed by atoms with Crippen LogP contribution in [-0.4, -0.2) is 11.2 Å². The summed E-state index contributed by atoms with van der Waals surface area (Å²) in [7, 11) is 0. The Hall–Kier alpha value is -0.620. The molecule has 0 spiro atoms. The van der Waals surface area contributed by atoms with E-state index < -0.39 is 18.6 Å². The van der Waals surface area contributed by atoms with Gasteiger partial charge >= 0.3 is 6.18 Å². The number of rotatable bonds is 3. The van der Waals surface area contributed by atoms with Crippen molar-refractivity contribution in [1.29, 1.82) is 0 Å². The van der Waals surface area contributed by atoms with Crippen LogP contribution in [0.3, 0.4) is 0 Å². The Balaban J connectivity index is 2.54. The summed E-state index contributed by atoms with van der Waals surface area (Å²) < 4.78 is 36.5. The fourth-order valence-electron chi connectivity index (χ4n) is 1.07. The first kappa shape index (κ1) is 12.4. The number of halogens is 4. The van der Waals surface area contributed by atoms with E-state index in [9.17, 15) is 13.2 Å². The highest BCUT2D eigenvalue weighted by Gasteiger charge is 2.27. The van der Waals surface area contributed by atoms with Crippen molar-refractivity contribution >= 4 is 15.9 Å². The molecule has 0 aliphatic rings. The van der Waals surface area contributed by atoms with Crippen LogP contribution in [0, 0.1) is 0 Å². The summed E-state index contributed by atoms with van der Waals surface area (Å²) in [5.41, 5.74) is 6.05. The zero-order valence-corrected chi connectivity index (χ0v) is 9.35. The zero-order valence-electron chi connectivity index (χ0n) is 7.76. The maximum Gasteiger partial charge on any atom is 0.389 e. The lowest BCUT2D eigenvalue weighted by molar-refractivity contribution is -0.136. The van der Waals surface area contributed by atoms with Crippen LogP contribution in [0.25, 0.3) is 0 Å². The second-order valence-corrected chi connectivity index (χ2v) is 4.08. The van der Waals surface area contributed by atoms with Crippen LogP contribution >= 0.6 is 15.9 Å². The monoisotopic (exact) mass is 282 g/mol. The van der Waals surface area contributed by atoms with Gasteiger partial charge in [-0.25, -0.2) is 0 Å². The fourth-order valence-corrected chi connectivity index (χ4v) is 1.31.